The first-order chi connectivity index (χ1) is 12.8. The summed E-state index contributed by atoms with van der Waals surface area (Å²) in [6.45, 7) is 4.39. The van der Waals surface area contributed by atoms with Gasteiger partial charge in [-0.1, -0.05) is 0 Å². The predicted octanol–water partition coefficient (Wildman–Crippen LogP) is 1.98. The molecule has 27 heavy (non-hydrogen) atoms. The molecule has 0 aromatic carbocycles. The molecule has 3 rings (SSSR count). The van der Waals surface area contributed by atoms with Gasteiger partial charge in [0.2, 0.25) is 0 Å². The fourth-order valence-electron chi connectivity index (χ4n) is 3.53. The molecule has 1 aromatic heterocycles. The number of hydrogen-bond donors (Lipinski definition) is 0. The van der Waals surface area contributed by atoms with Crippen molar-refractivity contribution in [2.75, 3.05) is 50.0 Å². The van der Waals surface area contributed by atoms with Crippen LogP contribution in [0.2, 0.25) is 0 Å². The molecular formula is C17H24F3N3O3S. The Morgan fingerprint density at radius 3 is 2.48 bits per heavy atom. The van der Waals surface area contributed by atoms with E-state index in [1.54, 1.807) is 0 Å². The van der Waals surface area contributed by atoms with Crippen molar-refractivity contribution < 1.29 is 26.3 Å². The molecule has 2 aliphatic heterocycles. The number of hydrogen-bond acceptors (Lipinski definition) is 6. The lowest BCUT2D eigenvalue weighted by Crippen LogP contribution is -2.40. The van der Waals surface area contributed by atoms with E-state index in [1.807, 2.05) is 11.8 Å². The second-order valence-electron chi connectivity index (χ2n) is 6.99. The molecule has 0 amide bonds. The number of nitrogens with zero attached hydrogens (tertiary/aromatic N) is 3. The lowest BCUT2D eigenvalue weighted by Gasteiger charge is -2.34. The maximum atomic E-state index is 15.0. The SMILES string of the molecule is C[C@H]1CCCCN1c1nc(F)c(F)c(S(=O)(=O)CCN2CCOCC2)c1F. The van der Waals surface area contributed by atoms with E-state index in [1.165, 1.54) is 4.90 Å². The van der Waals surface area contributed by atoms with Crippen LogP contribution in [0.5, 0.6) is 0 Å². The van der Waals surface area contributed by atoms with Gasteiger partial charge in [-0.25, -0.2) is 17.2 Å². The Kier molecular flexibility index (Phi) is 6.27. The molecule has 2 fully saturated rings. The van der Waals surface area contributed by atoms with Crippen molar-refractivity contribution in [2.24, 2.45) is 0 Å². The number of piperidine rings is 1. The number of pyridine rings is 1. The summed E-state index contributed by atoms with van der Waals surface area (Å²) >= 11 is 0. The molecule has 1 atom stereocenters. The number of morpholine rings is 1. The summed E-state index contributed by atoms with van der Waals surface area (Å²) in [6.07, 6.45) is 2.44. The Morgan fingerprint density at radius 1 is 1.11 bits per heavy atom. The second kappa shape index (κ2) is 8.32. The van der Waals surface area contributed by atoms with E-state index in [9.17, 15) is 17.2 Å². The Balaban J connectivity index is 1.91. The van der Waals surface area contributed by atoms with E-state index >= 15 is 4.39 Å². The van der Waals surface area contributed by atoms with Gasteiger partial charge in [0.1, 0.15) is 4.90 Å². The van der Waals surface area contributed by atoms with Gasteiger partial charge in [0, 0.05) is 32.2 Å². The molecule has 0 radical (unpaired) electrons. The molecule has 2 aliphatic rings. The fourth-order valence-corrected chi connectivity index (χ4v) is 4.96. The van der Waals surface area contributed by atoms with Gasteiger partial charge in [-0.05, 0) is 26.2 Å². The first-order valence-corrected chi connectivity index (χ1v) is 10.8. The van der Waals surface area contributed by atoms with E-state index in [0.29, 0.717) is 32.8 Å². The smallest absolute Gasteiger partial charge is 0.252 e. The number of aromatic nitrogens is 1. The lowest BCUT2D eigenvalue weighted by molar-refractivity contribution is 0.0408. The summed E-state index contributed by atoms with van der Waals surface area (Å²) in [5, 5.41) is 0. The number of ether oxygens (including phenoxy) is 1. The molecular weight excluding hydrogens is 383 g/mol. The topological polar surface area (TPSA) is 62.7 Å². The van der Waals surface area contributed by atoms with Gasteiger partial charge >= 0.3 is 0 Å². The monoisotopic (exact) mass is 407 g/mol. The molecule has 0 bridgehead atoms. The van der Waals surface area contributed by atoms with Gasteiger partial charge in [-0.3, -0.25) is 4.90 Å². The first kappa shape index (κ1) is 20.3. The Morgan fingerprint density at radius 2 is 1.81 bits per heavy atom. The van der Waals surface area contributed by atoms with Gasteiger partial charge < -0.3 is 9.64 Å². The van der Waals surface area contributed by atoms with Crippen molar-refractivity contribution in [1.82, 2.24) is 9.88 Å². The quantitative estimate of drug-likeness (QED) is 0.696. The average molecular weight is 407 g/mol. The highest BCUT2D eigenvalue weighted by Gasteiger charge is 2.34. The van der Waals surface area contributed by atoms with Crippen LogP contribution in [0.25, 0.3) is 0 Å². The van der Waals surface area contributed by atoms with E-state index in [4.69, 9.17) is 4.74 Å². The largest absolute Gasteiger partial charge is 0.379 e. The van der Waals surface area contributed by atoms with Crippen LogP contribution in [0, 0.1) is 17.6 Å². The normalized spacial score (nSPS) is 22.2. The third kappa shape index (κ3) is 4.38. The first-order valence-electron chi connectivity index (χ1n) is 9.15. The van der Waals surface area contributed by atoms with Crippen molar-refractivity contribution in [2.45, 2.75) is 37.1 Å². The highest BCUT2D eigenvalue weighted by atomic mass is 32.2. The fraction of sp³-hybridized carbons (Fsp3) is 0.706. The van der Waals surface area contributed by atoms with E-state index in [0.717, 1.165) is 19.3 Å². The van der Waals surface area contributed by atoms with Crippen LogP contribution in [0.15, 0.2) is 4.90 Å². The average Bonchev–Trinajstić information content (AvgIpc) is 2.65. The van der Waals surface area contributed by atoms with Crippen LogP contribution in [-0.2, 0) is 14.6 Å². The van der Waals surface area contributed by atoms with Crippen molar-refractivity contribution >= 4 is 15.7 Å². The van der Waals surface area contributed by atoms with E-state index < -0.39 is 43.9 Å². The van der Waals surface area contributed by atoms with Gasteiger partial charge in [-0.15, -0.1) is 0 Å². The van der Waals surface area contributed by atoms with E-state index in [2.05, 4.69) is 4.98 Å². The highest BCUT2D eigenvalue weighted by Crippen LogP contribution is 2.31. The zero-order valence-corrected chi connectivity index (χ0v) is 16.1. The third-order valence-corrected chi connectivity index (χ3v) is 6.85. The van der Waals surface area contributed by atoms with Gasteiger partial charge in [0.05, 0.1) is 19.0 Å². The van der Waals surface area contributed by atoms with Crippen LogP contribution < -0.4 is 4.90 Å². The van der Waals surface area contributed by atoms with Crippen LogP contribution in [-0.4, -0.2) is 69.5 Å². The maximum absolute atomic E-state index is 15.0. The Labute approximate surface area is 157 Å². The zero-order valence-electron chi connectivity index (χ0n) is 15.3. The molecule has 2 saturated heterocycles. The summed E-state index contributed by atoms with van der Waals surface area (Å²) in [6, 6.07) is -0.130. The number of halogens is 3. The summed E-state index contributed by atoms with van der Waals surface area (Å²) in [4.78, 5) is 5.53. The van der Waals surface area contributed by atoms with Crippen molar-refractivity contribution in [1.29, 1.82) is 0 Å². The summed E-state index contributed by atoms with van der Waals surface area (Å²) in [7, 11) is -4.36. The van der Waals surface area contributed by atoms with Gasteiger partial charge in [0.15, 0.2) is 27.3 Å². The summed E-state index contributed by atoms with van der Waals surface area (Å²) < 4.78 is 73.8. The molecule has 1 aromatic rings. The van der Waals surface area contributed by atoms with Crippen molar-refractivity contribution in [3.63, 3.8) is 0 Å². The predicted molar refractivity (Wildman–Crippen MR) is 94.1 cm³/mol. The molecule has 0 aliphatic carbocycles. The summed E-state index contributed by atoms with van der Waals surface area (Å²) in [5.74, 6) is -5.56. The molecule has 0 saturated carbocycles. The number of anilines is 1. The minimum absolute atomic E-state index is 0.101. The van der Waals surface area contributed by atoms with Crippen LogP contribution in [0.1, 0.15) is 26.2 Å². The molecule has 0 N–H and O–H groups in total. The van der Waals surface area contributed by atoms with E-state index in [-0.39, 0.29) is 12.6 Å². The second-order valence-corrected chi connectivity index (χ2v) is 9.04. The molecule has 152 valence electrons. The summed E-state index contributed by atoms with van der Waals surface area (Å²) in [5.41, 5.74) is 0. The molecule has 10 heteroatoms. The van der Waals surface area contributed by atoms with Crippen LogP contribution >= 0.6 is 0 Å². The Hall–Kier alpha value is -1.39. The molecule has 0 unspecified atom stereocenters. The number of rotatable bonds is 5. The standard InChI is InChI=1S/C17H24F3N3O3S/c1-12-4-2-3-5-23(12)17-14(19)15(13(18)16(20)21-17)27(24,25)11-8-22-6-9-26-10-7-22/h12H,2-11H2,1H3/t12-/m0/s1. The number of sulfone groups is 1. The molecule has 0 spiro atoms. The Bertz CT molecular complexity index is 785. The van der Waals surface area contributed by atoms with Crippen molar-refractivity contribution in [3.05, 3.63) is 17.6 Å². The minimum atomic E-state index is -4.36. The molecule has 6 nitrogen and oxygen atoms in total. The molecule has 3 heterocycles. The van der Waals surface area contributed by atoms with Crippen LogP contribution in [0.4, 0.5) is 19.0 Å². The van der Waals surface area contributed by atoms with Gasteiger partial charge in [-0.2, -0.15) is 9.37 Å². The van der Waals surface area contributed by atoms with Gasteiger partial charge in [0.25, 0.3) is 5.95 Å². The third-order valence-electron chi connectivity index (χ3n) is 5.15. The van der Waals surface area contributed by atoms with Crippen LogP contribution in [0.3, 0.4) is 0 Å². The minimum Gasteiger partial charge on any atom is -0.379 e. The van der Waals surface area contributed by atoms with Crippen molar-refractivity contribution in [3.8, 4) is 0 Å². The highest BCUT2D eigenvalue weighted by molar-refractivity contribution is 7.91. The maximum Gasteiger partial charge on any atom is 0.252 e. The zero-order chi connectivity index (χ0) is 19.6. The lowest BCUT2D eigenvalue weighted by atomic mass is 10.0.